The van der Waals surface area contributed by atoms with E-state index < -0.39 is 0 Å². The summed E-state index contributed by atoms with van der Waals surface area (Å²) in [5.74, 6) is 0.340. The SMILES string of the molecule is CC[C@H]1OC(CC#N)[C@H](OCc2ccccc2)[C@@H]1C. The zero-order valence-electron chi connectivity index (χ0n) is 11.6. The molecule has 1 fully saturated rings. The van der Waals surface area contributed by atoms with Crippen LogP contribution in [0.15, 0.2) is 30.3 Å². The van der Waals surface area contributed by atoms with Crippen LogP contribution < -0.4 is 0 Å². The Balaban J connectivity index is 1.98. The Morgan fingerprint density at radius 1 is 1.26 bits per heavy atom. The normalized spacial score (nSPS) is 30.2. The molecule has 0 spiro atoms. The van der Waals surface area contributed by atoms with Crippen molar-refractivity contribution in [1.29, 1.82) is 5.26 Å². The molecule has 2 rings (SSSR count). The molecule has 1 aliphatic heterocycles. The minimum atomic E-state index is -0.0892. The Hall–Kier alpha value is -1.37. The average Bonchev–Trinajstić information content (AvgIpc) is 2.74. The molecule has 4 atom stereocenters. The van der Waals surface area contributed by atoms with Crippen molar-refractivity contribution in [3.05, 3.63) is 35.9 Å². The summed E-state index contributed by atoms with van der Waals surface area (Å²) in [7, 11) is 0. The Morgan fingerprint density at radius 3 is 2.63 bits per heavy atom. The first kappa shape index (κ1) is 14.0. The molecule has 1 heterocycles. The van der Waals surface area contributed by atoms with Crippen molar-refractivity contribution in [2.24, 2.45) is 5.92 Å². The van der Waals surface area contributed by atoms with Crippen molar-refractivity contribution in [3.63, 3.8) is 0 Å². The van der Waals surface area contributed by atoms with E-state index in [0.717, 1.165) is 12.0 Å². The van der Waals surface area contributed by atoms with Crippen molar-refractivity contribution >= 4 is 0 Å². The van der Waals surface area contributed by atoms with Crippen LogP contribution in [0.3, 0.4) is 0 Å². The number of hydrogen-bond acceptors (Lipinski definition) is 3. The Kier molecular flexibility index (Phi) is 4.95. The van der Waals surface area contributed by atoms with Crippen LogP contribution >= 0.6 is 0 Å². The Morgan fingerprint density at radius 2 is 2.00 bits per heavy atom. The van der Waals surface area contributed by atoms with E-state index in [2.05, 4.69) is 32.0 Å². The first-order chi connectivity index (χ1) is 9.26. The minimum absolute atomic E-state index is 0.0183. The minimum Gasteiger partial charge on any atom is -0.371 e. The van der Waals surface area contributed by atoms with Gasteiger partial charge in [-0.15, -0.1) is 0 Å². The molecule has 102 valence electrons. The van der Waals surface area contributed by atoms with Gasteiger partial charge in [0.15, 0.2) is 0 Å². The van der Waals surface area contributed by atoms with Gasteiger partial charge in [0, 0.05) is 5.92 Å². The maximum atomic E-state index is 8.89. The van der Waals surface area contributed by atoms with Crippen LogP contribution in [0.1, 0.15) is 32.3 Å². The highest BCUT2D eigenvalue weighted by atomic mass is 16.6. The number of rotatable bonds is 5. The van der Waals surface area contributed by atoms with Crippen molar-refractivity contribution in [2.75, 3.05) is 0 Å². The summed E-state index contributed by atoms with van der Waals surface area (Å²) < 4.78 is 11.9. The van der Waals surface area contributed by atoms with E-state index in [-0.39, 0.29) is 18.3 Å². The lowest BCUT2D eigenvalue weighted by Gasteiger charge is -2.20. The van der Waals surface area contributed by atoms with E-state index in [0.29, 0.717) is 18.9 Å². The number of hydrogen-bond donors (Lipinski definition) is 0. The van der Waals surface area contributed by atoms with Crippen LogP contribution in [-0.4, -0.2) is 18.3 Å². The summed E-state index contributed by atoms with van der Waals surface area (Å²) in [6.07, 6.45) is 1.51. The van der Waals surface area contributed by atoms with Gasteiger partial charge in [0.1, 0.15) is 0 Å². The molecule has 1 unspecified atom stereocenters. The molecule has 19 heavy (non-hydrogen) atoms. The molecule has 1 aromatic rings. The lowest BCUT2D eigenvalue weighted by Crippen LogP contribution is -2.29. The summed E-state index contributed by atoms with van der Waals surface area (Å²) in [6, 6.07) is 12.3. The topological polar surface area (TPSA) is 42.2 Å². The largest absolute Gasteiger partial charge is 0.371 e. The van der Waals surface area contributed by atoms with Gasteiger partial charge in [-0.2, -0.15) is 5.26 Å². The highest BCUT2D eigenvalue weighted by Gasteiger charge is 2.41. The zero-order chi connectivity index (χ0) is 13.7. The van der Waals surface area contributed by atoms with Crippen LogP contribution in [-0.2, 0) is 16.1 Å². The molecule has 1 aromatic carbocycles. The maximum Gasteiger partial charge on any atom is 0.0973 e. The van der Waals surface area contributed by atoms with E-state index in [9.17, 15) is 0 Å². The molecule has 3 nitrogen and oxygen atoms in total. The molecule has 1 aliphatic rings. The summed E-state index contributed by atoms with van der Waals surface area (Å²) in [4.78, 5) is 0. The summed E-state index contributed by atoms with van der Waals surface area (Å²) in [5, 5.41) is 8.89. The molecular formula is C16H21NO2. The van der Waals surface area contributed by atoms with E-state index >= 15 is 0 Å². The predicted octanol–water partition coefficient (Wildman–Crippen LogP) is 3.30. The molecule has 0 amide bonds. The van der Waals surface area contributed by atoms with E-state index in [1.807, 2.05) is 18.2 Å². The van der Waals surface area contributed by atoms with Gasteiger partial charge in [0.25, 0.3) is 0 Å². The van der Waals surface area contributed by atoms with Crippen molar-refractivity contribution in [3.8, 4) is 6.07 Å². The van der Waals surface area contributed by atoms with Gasteiger partial charge >= 0.3 is 0 Å². The lowest BCUT2D eigenvalue weighted by molar-refractivity contribution is -0.0296. The van der Waals surface area contributed by atoms with Gasteiger partial charge in [-0.1, -0.05) is 44.2 Å². The van der Waals surface area contributed by atoms with Gasteiger partial charge in [-0.25, -0.2) is 0 Å². The highest BCUT2D eigenvalue weighted by molar-refractivity contribution is 5.13. The van der Waals surface area contributed by atoms with Crippen LogP contribution in [0.4, 0.5) is 0 Å². The second kappa shape index (κ2) is 6.70. The summed E-state index contributed by atoms with van der Waals surface area (Å²) in [5.41, 5.74) is 1.16. The Labute approximate surface area is 115 Å². The zero-order valence-corrected chi connectivity index (χ0v) is 11.6. The highest BCUT2D eigenvalue weighted by Crippen LogP contribution is 2.33. The van der Waals surface area contributed by atoms with Gasteiger partial charge < -0.3 is 9.47 Å². The van der Waals surface area contributed by atoms with Crippen LogP contribution in [0, 0.1) is 17.2 Å². The van der Waals surface area contributed by atoms with Gasteiger partial charge in [-0.05, 0) is 12.0 Å². The van der Waals surface area contributed by atoms with Gasteiger partial charge in [-0.3, -0.25) is 0 Å². The maximum absolute atomic E-state index is 8.89. The first-order valence-electron chi connectivity index (χ1n) is 6.94. The van der Waals surface area contributed by atoms with Crippen molar-refractivity contribution in [1.82, 2.24) is 0 Å². The number of benzene rings is 1. The van der Waals surface area contributed by atoms with E-state index in [4.69, 9.17) is 14.7 Å². The molecule has 0 saturated carbocycles. The average molecular weight is 259 g/mol. The number of nitrogens with zero attached hydrogens (tertiary/aromatic N) is 1. The molecular weight excluding hydrogens is 238 g/mol. The standard InChI is InChI=1S/C16H21NO2/c1-3-14-12(2)16(15(19-14)9-10-17)18-11-13-7-5-4-6-8-13/h4-8,12,14-16H,3,9,11H2,1-2H3/t12-,14-,15?,16-/m1/s1. The summed E-state index contributed by atoms with van der Waals surface area (Å²) in [6.45, 7) is 4.85. The number of nitriles is 1. The third-order valence-electron chi connectivity index (χ3n) is 3.80. The molecule has 0 N–H and O–H groups in total. The van der Waals surface area contributed by atoms with Crippen molar-refractivity contribution in [2.45, 2.75) is 51.6 Å². The van der Waals surface area contributed by atoms with Gasteiger partial charge in [0.2, 0.25) is 0 Å². The molecule has 3 heteroatoms. The van der Waals surface area contributed by atoms with Crippen LogP contribution in [0.5, 0.6) is 0 Å². The molecule has 1 saturated heterocycles. The monoisotopic (exact) mass is 259 g/mol. The molecule has 0 radical (unpaired) electrons. The van der Waals surface area contributed by atoms with E-state index in [1.165, 1.54) is 0 Å². The fraction of sp³-hybridized carbons (Fsp3) is 0.562. The molecule has 0 bridgehead atoms. The fourth-order valence-corrected chi connectivity index (χ4v) is 2.72. The second-order valence-electron chi connectivity index (χ2n) is 5.10. The lowest BCUT2D eigenvalue weighted by atomic mass is 9.96. The second-order valence-corrected chi connectivity index (χ2v) is 5.10. The first-order valence-corrected chi connectivity index (χ1v) is 6.94. The van der Waals surface area contributed by atoms with Crippen LogP contribution in [0.25, 0.3) is 0 Å². The summed E-state index contributed by atoms with van der Waals surface area (Å²) >= 11 is 0. The van der Waals surface area contributed by atoms with E-state index in [1.54, 1.807) is 0 Å². The third kappa shape index (κ3) is 3.34. The van der Waals surface area contributed by atoms with Gasteiger partial charge in [0.05, 0.1) is 37.4 Å². The Bertz CT molecular complexity index is 426. The predicted molar refractivity (Wildman–Crippen MR) is 73.4 cm³/mol. The quantitative estimate of drug-likeness (QED) is 0.814. The number of ether oxygens (including phenoxy) is 2. The molecule has 0 aromatic heterocycles. The van der Waals surface area contributed by atoms with Crippen molar-refractivity contribution < 1.29 is 9.47 Å². The third-order valence-corrected chi connectivity index (χ3v) is 3.80. The fourth-order valence-electron chi connectivity index (χ4n) is 2.72. The molecule has 0 aliphatic carbocycles. The van der Waals surface area contributed by atoms with Crippen LogP contribution in [0.2, 0.25) is 0 Å². The smallest absolute Gasteiger partial charge is 0.0973 e.